The average Bonchev–Trinajstić information content (AvgIpc) is 4.12. The van der Waals surface area contributed by atoms with Crippen molar-refractivity contribution in [1.82, 2.24) is 19.5 Å². The number of fused-ring (bicyclic) bond motifs is 12. The Bertz CT molecular complexity index is 4040. The van der Waals surface area contributed by atoms with Crippen molar-refractivity contribution in [2.45, 2.75) is 0 Å². The van der Waals surface area contributed by atoms with E-state index < -0.39 is 0 Å². The Balaban J connectivity index is 0.961. The summed E-state index contributed by atoms with van der Waals surface area (Å²) >= 11 is 0. The molecule has 0 unspecified atom stereocenters. The third-order valence-electron chi connectivity index (χ3n) is 12.7. The van der Waals surface area contributed by atoms with Gasteiger partial charge in [0.15, 0.2) is 17.5 Å². The molecule has 5 heterocycles. The second-order valence-electron chi connectivity index (χ2n) is 16.3. The van der Waals surface area contributed by atoms with Crippen LogP contribution >= 0.6 is 0 Å². The van der Waals surface area contributed by atoms with Crippen molar-refractivity contribution in [2.24, 2.45) is 0 Å². The van der Waals surface area contributed by atoms with Gasteiger partial charge in [0, 0.05) is 65.5 Å². The molecule has 14 rings (SSSR count). The molecular formula is C57H32N4O3. The fourth-order valence-corrected chi connectivity index (χ4v) is 9.88. The summed E-state index contributed by atoms with van der Waals surface area (Å²) in [4.78, 5) is 15.9. The van der Waals surface area contributed by atoms with Crippen LogP contribution < -0.4 is 0 Å². The standard InChI is InChI=1S/C57H32N4O3/c1-5-22-44-36(15-1)37-16-2-6-23-45(37)61(44)35-14-9-13-33(31-35)34-29-30-40-51(32-34)64-50-28-12-21-43(54(40)50)57-59-55(41-19-10-26-48-52(41)38-17-3-7-24-46(38)62-48)58-56(60-57)42-20-11-27-49-53(42)39-18-4-8-25-47(39)63-49/h1-32H. The van der Waals surface area contributed by atoms with Crippen LogP contribution in [0.15, 0.2) is 207 Å². The fourth-order valence-electron chi connectivity index (χ4n) is 9.88. The van der Waals surface area contributed by atoms with Crippen molar-refractivity contribution in [2.75, 3.05) is 0 Å². The molecule has 9 aromatic carbocycles. The lowest BCUT2D eigenvalue weighted by Gasteiger charge is -2.11. The number of hydrogen-bond acceptors (Lipinski definition) is 6. The van der Waals surface area contributed by atoms with Crippen LogP contribution in [0, 0.1) is 0 Å². The summed E-state index contributed by atoms with van der Waals surface area (Å²) < 4.78 is 21.7. The van der Waals surface area contributed by atoms with E-state index in [-0.39, 0.29) is 0 Å². The van der Waals surface area contributed by atoms with Crippen LogP contribution in [0.25, 0.3) is 139 Å². The summed E-state index contributed by atoms with van der Waals surface area (Å²) in [7, 11) is 0. The predicted molar refractivity (Wildman–Crippen MR) is 258 cm³/mol. The van der Waals surface area contributed by atoms with Gasteiger partial charge in [-0.3, -0.25) is 0 Å². The van der Waals surface area contributed by atoms with E-state index in [9.17, 15) is 0 Å². The van der Waals surface area contributed by atoms with Crippen LogP contribution in [-0.2, 0) is 0 Å². The molecule has 0 saturated carbocycles. The molecule has 0 atom stereocenters. The summed E-state index contributed by atoms with van der Waals surface area (Å²) in [5.41, 5.74) is 12.8. The largest absolute Gasteiger partial charge is 0.456 e. The third kappa shape index (κ3) is 5.12. The average molecular weight is 821 g/mol. The summed E-state index contributed by atoms with van der Waals surface area (Å²) in [6, 6.07) is 66.8. The summed E-state index contributed by atoms with van der Waals surface area (Å²) in [5.74, 6) is 1.61. The van der Waals surface area contributed by atoms with Crippen LogP contribution in [-0.4, -0.2) is 19.5 Å². The van der Waals surface area contributed by atoms with Gasteiger partial charge in [-0.25, -0.2) is 15.0 Å². The number of nitrogens with zero attached hydrogens (tertiary/aromatic N) is 4. The number of aromatic nitrogens is 4. The van der Waals surface area contributed by atoms with Crippen molar-refractivity contribution in [1.29, 1.82) is 0 Å². The monoisotopic (exact) mass is 820 g/mol. The molecular weight excluding hydrogens is 789 g/mol. The van der Waals surface area contributed by atoms with Crippen LogP contribution in [0.3, 0.4) is 0 Å². The molecule has 0 aliphatic carbocycles. The van der Waals surface area contributed by atoms with Gasteiger partial charge in [0.2, 0.25) is 0 Å². The Hall–Kier alpha value is -8.81. The van der Waals surface area contributed by atoms with Gasteiger partial charge in [-0.2, -0.15) is 0 Å². The van der Waals surface area contributed by atoms with Crippen molar-refractivity contribution < 1.29 is 13.3 Å². The molecule has 298 valence electrons. The number of furan rings is 3. The van der Waals surface area contributed by atoms with E-state index in [0.717, 1.165) is 99.3 Å². The Kier molecular flexibility index (Phi) is 7.27. The zero-order chi connectivity index (χ0) is 41.9. The van der Waals surface area contributed by atoms with E-state index in [4.69, 9.17) is 28.2 Å². The van der Waals surface area contributed by atoms with Gasteiger partial charge in [-0.1, -0.05) is 127 Å². The van der Waals surface area contributed by atoms with E-state index in [1.807, 2.05) is 72.8 Å². The molecule has 0 amide bonds. The normalized spacial score (nSPS) is 12.1. The minimum atomic E-state index is 0.533. The van der Waals surface area contributed by atoms with E-state index in [2.05, 4.69) is 126 Å². The van der Waals surface area contributed by atoms with Gasteiger partial charge in [0.1, 0.15) is 33.5 Å². The van der Waals surface area contributed by atoms with Gasteiger partial charge in [0.25, 0.3) is 0 Å². The molecule has 0 saturated heterocycles. The first kappa shape index (κ1) is 34.9. The highest BCUT2D eigenvalue weighted by Crippen LogP contribution is 2.42. The minimum Gasteiger partial charge on any atom is -0.456 e. The summed E-state index contributed by atoms with van der Waals surface area (Å²) in [6.07, 6.45) is 0. The Morgan fingerprint density at radius 2 is 0.703 bits per heavy atom. The fraction of sp³-hybridized carbons (Fsp3) is 0. The summed E-state index contributed by atoms with van der Waals surface area (Å²) in [6.45, 7) is 0. The van der Waals surface area contributed by atoms with E-state index in [1.54, 1.807) is 0 Å². The van der Waals surface area contributed by atoms with Gasteiger partial charge in [-0.05, 0) is 77.9 Å². The maximum absolute atomic E-state index is 6.71. The van der Waals surface area contributed by atoms with Gasteiger partial charge in [0.05, 0.1) is 11.0 Å². The van der Waals surface area contributed by atoms with E-state index >= 15 is 0 Å². The lowest BCUT2D eigenvalue weighted by atomic mass is 10.0. The van der Waals surface area contributed by atoms with Crippen molar-refractivity contribution in [3.63, 3.8) is 0 Å². The zero-order valence-corrected chi connectivity index (χ0v) is 34.0. The first-order chi connectivity index (χ1) is 31.7. The predicted octanol–water partition coefficient (Wildman–Crippen LogP) is 15.3. The lowest BCUT2D eigenvalue weighted by molar-refractivity contribution is 0.668. The molecule has 0 bridgehead atoms. The second-order valence-corrected chi connectivity index (χ2v) is 16.3. The summed E-state index contributed by atoms with van der Waals surface area (Å²) in [5, 5.41) is 8.29. The van der Waals surface area contributed by atoms with E-state index in [1.165, 1.54) is 21.8 Å². The van der Waals surface area contributed by atoms with Gasteiger partial charge in [-0.15, -0.1) is 0 Å². The number of para-hydroxylation sites is 4. The van der Waals surface area contributed by atoms with Crippen LogP contribution in [0.1, 0.15) is 0 Å². The minimum absolute atomic E-state index is 0.533. The molecule has 0 aliphatic heterocycles. The number of hydrogen-bond donors (Lipinski definition) is 0. The van der Waals surface area contributed by atoms with Crippen LogP contribution in [0.4, 0.5) is 0 Å². The van der Waals surface area contributed by atoms with Gasteiger partial charge < -0.3 is 17.8 Å². The van der Waals surface area contributed by atoms with Crippen LogP contribution in [0.5, 0.6) is 0 Å². The molecule has 0 fully saturated rings. The number of rotatable bonds is 5. The van der Waals surface area contributed by atoms with Crippen LogP contribution in [0.2, 0.25) is 0 Å². The van der Waals surface area contributed by atoms with Crippen molar-refractivity contribution in [3.8, 4) is 51.0 Å². The first-order valence-corrected chi connectivity index (χ1v) is 21.3. The topological polar surface area (TPSA) is 83.0 Å². The molecule has 0 N–H and O–H groups in total. The molecule has 0 spiro atoms. The maximum Gasteiger partial charge on any atom is 0.164 e. The van der Waals surface area contributed by atoms with E-state index in [0.29, 0.717) is 17.5 Å². The molecule has 5 aromatic heterocycles. The third-order valence-corrected chi connectivity index (χ3v) is 12.7. The quantitative estimate of drug-likeness (QED) is 0.172. The smallest absolute Gasteiger partial charge is 0.164 e. The molecule has 64 heavy (non-hydrogen) atoms. The number of benzene rings is 9. The highest BCUT2D eigenvalue weighted by atomic mass is 16.3. The SMILES string of the molecule is c1cc(-c2ccc3c(c2)oc2cccc(-c4nc(-c5cccc6oc7ccccc7c56)nc(-c5cccc6oc7ccccc7c56)n4)c23)cc(-n2c3ccccc3c3ccccc32)c1. The molecule has 0 radical (unpaired) electrons. The highest BCUT2D eigenvalue weighted by molar-refractivity contribution is 6.15. The van der Waals surface area contributed by atoms with Crippen molar-refractivity contribution >= 4 is 87.6 Å². The molecule has 7 heteroatoms. The van der Waals surface area contributed by atoms with Crippen molar-refractivity contribution in [3.05, 3.63) is 194 Å². The lowest BCUT2D eigenvalue weighted by Crippen LogP contribution is -2.01. The Morgan fingerprint density at radius 3 is 1.23 bits per heavy atom. The Labute approximate surface area is 364 Å². The second kappa shape index (κ2) is 13.3. The highest BCUT2D eigenvalue weighted by Gasteiger charge is 2.23. The molecule has 0 aliphatic rings. The maximum atomic E-state index is 6.71. The van der Waals surface area contributed by atoms with Gasteiger partial charge >= 0.3 is 0 Å². The molecule has 7 nitrogen and oxygen atoms in total. The Morgan fingerprint density at radius 1 is 0.297 bits per heavy atom. The zero-order valence-electron chi connectivity index (χ0n) is 34.0. The molecule has 14 aromatic rings. The first-order valence-electron chi connectivity index (χ1n) is 21.3.